The highest BCUT2D eigenvalue weighted by molar-refractivity contribution is 5.76. The van der Waals surface area contributed by atoms with Crippen LogP contribution in [0, 0.1) is 0 Å². The van der Waals surface area contributed by atoms with Gasteiger partial charge in [0.1, 0.15) is 0 Å². The predicted molar refractivity (Wildman–Crippen MR) is 84.3 cm³/mol. The first kappa shape index (κ1) is 13.4. The molecule has 4 rings (SSSR count). The minimum atomic E-state index is -0.189. The van der Waals surface area contributed by atoms with Crippen molar-refractivity contribution in [1.29, 1.82) is 0 Å². The summed E-state index contributed by atoms with van der Waals surface area (Å²) in [4.78, 5) is 6.84. The molecular weight excluding hydrogens is 276 g/mol. The van der Waals surface area contributed by atoms with Crippen LogP contribution in [0.4, 0.5) is 0 Å². The number of aliphatic hydroxyl groups excluding tert-OH is 1. The highest BCUT2D eigenvalue weighted by atomic mass is 16.3. The number of hydrogen-bond acceptors (Lipinski definition) is 4. The summed E-state index contributed by atoms with van der Waals surface area (Å²) in [6.45, 7) is 2.49. The fourth-order valence-electron chi connectivity index (χ4n) is 3.03. The van der Waals surface area contributed by atoms with Crippen molar-refractivity contribution in [2.75, 3.05) is 13.1 Å². The van der Waals surface area contributed by atoms with Gasteiger partial charge in [0, 0.05) is 43.2 Å². The summed E-state index contributed by atoms with van der Waals surface area (Å²) in [7, 11) is 0. The first-order valence-corrected chi connectivity index (χ1v) is 7.58. The summed E-state index contributed by atoms with van der Waals surface area (Å²) >= 11 is 0. The lowest BCUT2D eigenvalue weighted by Gasteiger charge is -2.14. The van der Waals surface area contributed by atoms with Gasteiger partial charge in [-0.25, -0.2) is 9.50 Å². The number of hydrogen-bond donors (Lipinski definition) is 1. The minimum absolute atomic E-state index is 0.189. The molecule has 1 aromatic carbocycles. The van der Waals surface area contributed by atoms with E-state index in [4.69, 9.17) is 0 Å². The first-order chi connectivity index (χ1) is 10.8. The summed E-state index contributed by atoms with van der Waals surface area (Å²) in [5.74, 6) is 0. The van der Waals surface area contributed by atoms with E-state index in [2.05, 4.69) is 27.1 Å². The molecule has 22 heavy (non-hydrogen) atoms. The number of nitrogens with zero attached hydrogens (tertiary/aromatic N) is 4. The van der Waals surface area contributed by atoms with Crippen molar-refractivity contribution < 1.29 is 5.11 Å². The van der Waals surface area contributed by atoms with E-state index < -0.39 is 0 Å². The van der Waals surface area contributed by atoms with Gasteiger partial charge in [-0.15, -0.1) is 0 Å². The van der Waals surface area contributed by atoms with Crippen LogP contribution in [0.2, 0.25) is 0 Å². The molecule has 3 aromatic rings. The topological polar surface area (TPSA) is 53.7 Å². The van der Waals surface area contributed by atoms with Crippen LogP contribution in [0.3, 0.4) is 0 Å². The van der Waals surface area contributed by atoms with Gasteiger partial charge in [-0.1, -0.05) is 30.3 Å². The SMILES string of the molecule is O[C@@H]1CCN(Cc2cnc3c(-c4ccccc4)cnn3c2)C1. The van der Waals surface area contributed by atoms with Gasteiger partial charge in [0.05, 0.1) is 12.3 Å². The maximum absolute atomic E-state index is 9.60. The van der Waals surface area contributed by atoms with Crippen LogP contribution in [0.25, 0.3) is 16.8 Å². The number of benzene rings is 1. The second kappa shape index (κ2) is 5.51. The lowest BCUT2D eigenvalue weighted by molar-refractivity contribution is 0.174. The number of aromatic nitrogens is 3. The average molecular weight is 294 g/mol. The number of likely N-dealkylation sites (tertiary alicyclic amines) is 1. The average Bonchev–Trinajstić information content (AvgIpc) is 3.14. The predicted octanol–water partition coefficient (Wildman–Crippen LogP) is 1.96. The van der Waals surface area contributed by atoms with Crippen molar-refractivity contribution in [3.05, 3.63) is 54.5 Å². The first-order valence-electron chi connectivity index (χ1n) is 7.58. The summed E-state index contributed by atoms with van der Waals surface area (Å²) in [6, 6.07) is 10.2. The molecule has 0 spiro atoms. The second-order valence-electron chi connectivity index (χ2n) is 5.83. The number of aliphatic hydroxyl groups is 1. The zero-order chi connectivity index (χ0) is 14.9. The molecule has 1 fully saturated rings. The maximum atomic E-state index is 9.60. The minimum Gasteiger partial charge on any atom is -0.392 e. The largest absolute Gasteiger partial charge is 0.392 e. The van der Waals surface area contributed by atoms with E-state index >= 15 is 0 Å². The molecule has 1 saturated heterocycles. The van der Waals surface area contributed by atoms with Gasteiger partial charge in [-0.2, -0.15) is 5.10 Å². The highest BCUT2D eigenvalue weighted by Gasteiger charge is 2.20. The Morgan fingerprint density at radius 3 is 2.82 bits per heavy atom. The summed E-state index contributed by atoms with van der Waals surface area (Å²) < 4.78 is 1.84. The van der Waals surface area contributed by atoms with Gasteiger partial charge >= 0.3 is 0 Å². The van der Waals surface area contributed by atoms with Crippen molar-refractivity contribution >= 4 is 5.65 Å². The van der Waals surface area contributed by atoms with E-state index in [1.165, 1.54) is 0 Å². The summed E-state index contributed by atoms with van der Waals surface area (Å²) in [5.41, 5.74) is 4.16. The fraction of sp³-hybridized carbons (Fsp3) is 0.294. The highest BCUT2D eigenvalue weighted by Crippen LogP contribution is 2.23. The van der Waals surface area contributed by atoms with Gasteiger partial charge < -0.3 is 5.11 Å². The zero-order valence-electron chi connectivity index (χ0n) is 12.3. The van der Waals surface area contributed by atoms with E-state index in [9.17, 15) is 5.11 Å². The number of β-amino-alcohol motifs (C(OH)–C–C–N with tert-alkyl or cyclic N) is 1. The number of rotatable bonds is 3. The van der Waals surface area contributed by atoms with Gasteiger partial charge in [-0.05, 0) is 12.0 Å². The molecular formula is C17H18N4O. The van der Waals surface area contributed by atoms with E-state index in [-0.39, 0.29) is 6.10 Å². The monoisotopic (exact) mass is 294 g/mol. The number of fused-ring (bicyclic) bond motifs is 1. The van der Waals surface area contributed by atoms with Gasteiger partial charge in [0.25, 0.3) is 0 Å². The van der Waals surface area contributed by atoms with Crippen molar-refractivity contribution in [3.8, 4) is 11.1 Å². The molecule has 0 saturated carbocycles. The van der Waals surface area contributed by atoms with Crippen LogP contribution >= 0.6 is 0 Å². The lowest BCUT2D eigenvalue weighted by atomic mass is 10.1. The van der Waals surface area contributed by atoms with E-state index in [0.29, 0.717) is 0 Å². The Labute approximate surface area is 128 Å². The quantitative estimate of drug-likeness (QED) is 0.802. The van der Waals surface area contributed by atoms with Crippen LogP contribution in [0.1, 0.15) is 12.0 Å². The molecule has 1 aliphatic heterocycles. The molecule has 0 aliphatic carbocycles. The molecule has 2 aromatic heterocycles. The molecule has 0 bridgehead atoms. The molecule has 3 heterocycles. The van der Waals surface area contributed by atoms with Crippen molar-refractivity contribution in [1.82, 2.24) is 19.5 Å². The molecule has 112 valence electrons. The molecule has 0 radical (unpaired) electrons. The van der Waals surface area contributed by atoms with Crippen molar-refractivity contribution in [2.24, 2.45) is 0 Å². The third kappa shape index (κ3) is 2.49. The normalized spacial score (nSPS) is 19.0. The Morgan fingerprint density at radius 1 is 1.18 bits per heavy atom. The second-order valence-corrected chi connectivity index (χ2v) is 5.83. The Balaban J connectivity index is 1.63. The summed E-state index contributed by atoms with van der Waals surface area (Å²) in [6.07, 6.45) is 6.47. The zero-order valence-corrected chi connectivity index (χ0v) is 12.3. The molecule has 5 nitrogen and oxygen atoms in total. The van der Waals surface area contributed by atoms with Crippen LogP contribution in [0.5, 0.6) is 0 Å². The molecule has 0 amide bonds. The van der Waals surface area contributed by atoms with Crippen LogP contribution in [-0.2, 0) is 6.54 Å². The van der Waals surface area contributed by atoms with E-state index in [0.717, 1.165) is 48.4 Å². The standard InChI is InChI=1S/C17H18N4O/c22-15-6-7-20(12-15)10-13-8-18-17-16(9-19-21(17)11-13)14-4-2-1-3-5-14/h1-5,8-9,11,15,22H,6-7,10,12H2/t15-/m1/s1. The Bertz CT molecular complexity index is 784. The Kier molecular flexibility index (Phi) is 3.36. The molecule has 1 aliphatic rings. The molecule has 5 heteroatoms. The lowest BCUT2D eigenvalue weighted by Crippen LogP contribution is -2.21. The summed E-state index contributed by atoms with van der Waals surface area (Å²) in [5, 5.41) is 14.0. The Morgan fingerprint density at radius 2 is 2.05 bits per heavy atom. The van der Waals surface area contributed by atoms with Crippen LogP contribution in [0.15, 0.2) is 48.9 Å². The Hall–Kier alpha value is -2.24. The van der Waals surface area contributed by atoms with Crippen molar-refractivity contribution in [2.45, 2.75) is 19.1 Å². The molecule has 0 unspecified atom stereocenters. The van der Waals surface area contributed by atoms with Gasteiger partial charge in [-0.3, -0.25) is 4.90 Å². The van der Waals surface area contributed by atoms with E-state index in [1.54, 1.807) is 0 Å². The van der Waals surface area contributed by atoms with Crippen LogP contribution in [-0.4, -0.2) is 43.8 Å². The smallest absolute Gasteiger partial charge is 0.162 e. The van der Waals surface area contributed by atoms with Crippen LogP contribution < -0.4 is 0 Å². The fourth-order valence-corrected chi connectivity index (χ4v) is 3.03. The van der Waals surface area contributed by atoms with E-state index in [1.807, 2.05) is 41.3 Å². The molecule has 1 atom stereocenters. The molecule has 1 N–H and O–H groups in total. The van der Waals surface area contributed by atoms with Gasteiger partial charge in [0.2, 0.25) is 0 Å². The third-order valence-corrected chi connectivity index (χ3v) is 4.15. The van der Waals surface area contributed by atoms with Gasteiger partial charge in [0.15, 0.2) is 5.65 Å². The van der Waals surface area contributed by atoms with Crippen molar-refractivity contribution in [3.63, 3.8) is 0 Å². The maximum Gasteiger partial charge on any atom is 0.162 e. The third-order valence-electron chi connectivity index (χ3n) is 4.15.